The summed E-state index contributed by atoms with van der Waals surface area (Å²) in [5.74, 6) is 0.305. The monoisotopic (exact) mass is 322 g/mol. The number of hydrogen-bond acceptors (Lipinski definition) is 1. The van der Waals surface area contributed by atoms with Gasteiger partial charge in [0, 0.05) is 11.0 Å². The fourth-order valence-electron chi connectivity index (χ4n) is 1.25. The molecule has 0 fully saturated rings. The third-order valence-corrected chi connectivity index (χ3v) is 2.79. The van der Waals surface area contributed by atoms with Crippen molar-refractivity contribution in [3.63, 3.8) is 0 Å². The average Bonchev–Trinajstić information content (AvgIpc) is 2.18. The van der Waals surface area contributed by atoms with Crippen LogP contribution >= 0.6 is 22.6 Å². The molecule has 1 aromatic rings. The Kier molecular flexibility index (Phi) is 5.53. The van der Waals surface area contributed by atoms with Crippen LogP contribution in [0, 0.1) is 11.7 Å². The van der Waals surface area contributed by atoms with Crippen LogP contribution in [0.1, 0.15) is 25.5 Å². The van der Waals surface area contributed by atoms with Crippen molar-refractivity contribution >= 4 is 22.6 Å². The molecule has 0 saturated carbocycles. The Balaban J connectivity index is 2.65. The van der Waals surface area contributed by atoms with Crippen molar-refractivity contribution in [2.45, 2.75) is 20.0 Å². The average molecular weight is 322 g/mol. The van der Waals surface area contributed by atoms with E-state index < -0.39 is 0 Å². The van der Waals surface area contributed by atoms with Crippen molar-refractivity contribution in [1.82, 2.24) is 0 Å². The fourth-order valence-corrected chi connectivity index (χ4v) is 2.01. The van der Waals surface area contributed by atoms with E-state index in [1.165, 1.54) is 6.07 Å². The van der Waals surface area contributed by atoms with Gasteiger partial charge < -0.3 is 4.74 Å². The van der Waals surface area contributed by atoms with E-state index in [9.17, 15) is 4.39 Å². The third kappa shape index (κ3) is 4.47. The van der Waals surface area contributed by atoms with E-state index in [0.29, 0.717) is 12.5 Å². The van der Waals surface area contributed by atoms with Crippen molar-refractivity contribution < 1.29 is 9.13 Å². The summed E-state index contributed by atoms with van der Waals surface area (Å²) in [6.45, 7) is 4.93. The van der Waals surface area contributed by atoms with Crippen LogP contribution in [-0.2, 0) is 4.74 Å². The Morgan fingerprint density at radius 2 is 2.13 bits per heavy atom. The molecule has 0 N–H and O–H groups in total. The van der Waals surface area contributed by atoms with Crippen molar-refractivity contribution in [3.8, 4) is 0 Å². The molecule has 0 heterocycles. The zero-order valence-corrected chi connectivity index (χ0v) is 11.2. The van der Waals surface area contributed by atoms with E-state index >= 15 is 0 Å². The molecule has 0 aliphatic rings. The smallest absolute Gasteiger partial charge is 0.123 e. The molecule has 1 nitrogen and oxygen atoms in total. The van der Waals surface area contributed by atoms with Gasteiger partial charge in [-0.3, -0.25) is 0 Å². The molecule has 0 saturated heterocycles. The second kappa shape index (κ2) is 6.43. The first kappa shape index (κ1) is 12.9. The largest absolute Gasteiger partial charge is 0.372 e. The number of hydrogen-bond donors (Lipinski definition) is 0. The maximum Gasteiger partial charge on any atom is 0.123 e. The lowest BCUT2D eigenvalue weighted by atomic mass is 10.1. The maximum atomic E-state index is 13.0. The summed E-state index contributed by atoms with van der Waals surface area (Å²) in [5, 5.41) is 0. The Morgan fingerprint density at radius 1 is 1.40 bits per heavy atom. The highest BCUT2D eigenvalue weighted by Crippen LogP contribution is 2.21. The molecule has 1 rings (SSSR count). The van der Waals surface area contributed by atoms with Crippen LogP contribution < -0.4 is 0 Å². The predicted octanol–water partition coefficient (Wildman–Crippen LogP) is 3.97. The second-order valence-corrected chi connectivity index (χ2v) is 4.81. The highest BCUT2D eigenvalue weighted by Gasteiger charge is 2.11. The minimum atomic E-state index is -0.199. The quantitative estimate of drug-likeness (QED) is 0.589. The van der Waals surface area contributed by atoms with Crippen molar-refractivity contribution in [2.24, 2.45) is 5.92 Å². The normalized spacial score (nSPS) is 13.1. The molecule has 1 unspecified atom stereocenters. The van der Waals surface area contributed by atoms with Crippen molar-refractivity contribution in [2.75, 3.05) is 11.0 Å². The van der Waals surface area contributed by atoms with Crippen LogP contribution in [0.4, 0.5) is 4.39 Å². The molecule has 0 bridgehead atoms. The zero-order chi connectivity index (χ0) is 11.3. The summed E-state index contributed by atoms with van der Waals surface area (Å²) < 4.78 is 19.6. The van der Waals surface area contributed by atoms with E-state index in [-0.39, 0.29) is 11.9 Å². The minimum absolute atomic E-state index is 0.00343. The molecule has 0 aliphatic carbocycles. The van der Waals surface area contributed by atoms with Crippen molar-refractivity contribution in [3.05, 3.63) is 35.6 Å². The fraction of sp³-hybridized carbons (Fsp3) is 0.500. The number of alkyl halides is 1. The van der Waals surface area contributed by atoms with Gasteiger partial charge in [-0.15, -0.1) is 0 Å². The van der Waals surface area contributed by atoms with Gasteiger partial charge in [0.05, 0.1) is 6.10 Å². The van der Waals surface area contributed by atoms with E-state index in [1.807, 2.05) is 6.07 Å². The first-order valence-corrected chi connectivity index (χ1v) is 6.59. The molecule has 84 valence electrons. The van der Waals surface area contributed by atoms with Gasteiger partial charge in [0.2, 0.25) is 0 Å². The van der Waals surface area contributed by atoms with Gasteiger partial charge in [-0.05, 0) is 23.6 Å². The Bertz CT molecular complexity index is 301. The van der Waals surface area contributed by atoms with Crippen LogP contribution in [0.5, 0.6) is 0 Å². The number of halogens is 2. The zero-order valence-electron chi connectivity index (χ0n) is 9.04. The summed E-state index contributed by atoms with van der Waals surface area (Å²) in [4.78, 5) is 0. The van der Waals surface area contributed by atoms with Gasteiger partial charge in [-0.2, -0.15) is 0 Å². The predicted molar refractivity (Wildman–Crippen MR) is 68.8 cm³/mol. The first-order chi connectivity index (χ1) is 7.13. The molecule has 0 radical (unpaired) electrons. The second-order valence-electron chi connectivity index (χ2n) is 3.93. The lowest BCUT2D eigenvalue weighted by Gasteiger charge is -2.17. The number of benzene rings is 1. The lowest BCUT2D eigenvalue weighted by molar-refractivity contribution is 0.0516. The molecule has 0 aromatic heterocycles. The number of rotatable bonds is 5. The summed E-state index contributed by atoms with van der Waals surface area (Å²) in [6, 6.07) is 6.63. The van der Waals surface area contributed by atoms with Gasteiger partial charge in [0.25, 0.3) is 0 Å². The summed E-state index contributed by atoms with van der Waals surface area (Å²) in [7, 11) is 0. The van der Waals surface area contributed by atoms with Gasteiger partial charge in [0.15, 0.2) is 0 Å². The highest BCUT2D eigenvalue weighted by molar-refractivity contribution is 14.1. The molecular formula is C12H16FIO. The molecule has 1 atom stereocenters. The van der Waals surface area contributed by atoms with Crippen LogP contribution in [0.2, 0.25) is 0 Å². The maximum absolute atomic E-state index is 13.0. The first-order valence-electron chi connectivity index (χ1n) is 5.06. The molecule has 0 amide bonds. The lowest BCUT2D eigenvalue weighted by Crippen LogP contribution is -2.10. The molecule has 1 aromatic carbocycles. The van der Waals surface area contributed by atoms with Gasteiger partial charge >= 0.3 is 0 Å². The SMILES string of the molecule is CC(C)COC(CI)c1cccc(F)c1. The molecule has 3 heteroatoms. The van der Waals surface area contributed by atoms with Crippen LogP contribution in [0.15, 0.2) is 24.3 Å². The Labute approximate surface area is 104 Å². The summed E-state index contributed by atoms with van der Waals surface area (Å²) in [5.41, 5.74) is 0.921. The van der Waals surface area contributed by atoms with Gasteiger partial charge in [-0.1, -0.05) is 48.6 Å². The van der Waals surface area contributed by atoms with Crippen LogP contribution in [-0.4, -0.2) is 11.0 Å². The molecular weight excluding hydrogens is 306 g/mol. The van der Waals surface area contributed by atoms with Crippen molar-refractivity contribution in [1.29, 1.82) is 0 Å². The van der Waals surface area contributed by atoms with Gasteiger partial charge in [0.1, 0.15) is 5.82 Å². The Hall–Kier alpha value is -0.160. The van der Waals surface area contributed by atoms with E-state index in [4.69, 9.17) is 4.74 Å². The van der Waals surface area contributed by atoms with E-state index in [1.54, 1.807) is 12.1 Å². The molecule has 15 heavy (non-hydrogen) atoms. The standard InChI is InChI=1S/C12H16FIO/c1-9(2)8-15-12(7-14)10-4-3-5-11(13)6-10/h3-6,9,12H,7-8H2,1-2H3. The molecule has 0 aliphatic heterocycles. The minimum Gasteiger partial charge on any atom is -0.372 e. The van der Waals surface area contributed by atoms with Crippen LogP contribution in [0.25, 0.3) is 0 Å². The molecule has 0 spiro atoms. The topological polar surface area (TPSA) is 9.23 Å². The van der Waals surface area contributed by atoms with Crippen LogP contribution in [0.3, 0.4) is 0 Å². The third-order valence-electron chi connectivity index (χ3n) is 1.99. The summed E-state index contributed by atoms with van der Waals surface area (Å²) in [6.07, 6.45) is 0.00343. The van der Waals surface area contributed by atoms with Gasteiger partial charge in [-0.25, -0.2) is 4.39 Å². The number of ether oxygens (including phenoxy) is 1. The van der Waals surface area contributed by atoms with E-state index in [2.05, 4.69) is 36.4 Å². The summed E-state index contributed by atoms with van der Waals surface area (Å²) >= 11 is 2.26. The van der Waals surface area contributed by atoms with E-state index in [0.717, 1.165) is 9.99 Å². The highest BCUT2D eigenvalue weighted by atomic mass is 127. The Morgan fingerprint density at radius 3 is 2.67 bits per heavy atom.